The van der Waals surface area contributed by atoms with Crippen molar-refractivity contribution in [3.8, 4) is 11.6 Å². The number of carbonyl (C=O) groups is 1. The number of carbonyl (C=O) groups excluding carboxylic acids is 1. The van der Waals surface area contributed by atoms with Gasteiger partial charge in [0.15, 0.2) is 11.6 Å². The normalized spacial score (nSPS) is 10.3. The van der Waals surface area contributed by atoms with Gasteiger partial charge in [-0.3, -0.25) is 14.9 Å². The summed E-state index contributed by atoms with van der Waals surface area (Å²) in [5, 5.41) is 10.5. The molecule has 2 rings (SSSR count). The Morgan fingerprint density at radius 2 is 2.17 bits per heavy atom. The minimum absolute atomic E-state index is 0.0149. The molecule has 1 aromatic carbocycles. The quantitative estimate of drug-likeness (QED) is 0.643. The molecule has 0 aliphatic rings. The second kappa shape index (κ2) is 7.01. The molecule has 2 aromatic rings. The van der Waals surface area contributed by atoms with Crippen LogP contribution in [0.25, 0.3) is 0 Å². The lowest BCUT2D eigenvalue weighted by atomic mass is 10.1. The molecule has 1 aromatic heterocycles. The molecular formula is C14H10ClFN3O4. The zero-order valence-electron chi connectivity index (χ0n) is 11.5. The molecule has 7 nitrogen and oxygen atoms in total. The van der Waals surface area contributed by atoms with Crippen molar-refractivity contribution in [3.05, 3.63) is 63.4 Å². The second-order valence-corrected chi connectivity index (χ2v) is 4.78. The van der Waals surface area contributed by atoms with Crippen molar-refractivity contribution in [2.45, 2.75) is 6.42 Å². The number of nitro groups is 1. The highest BCUT2D eigenvalue weighted by atomic mass is 35.5. The number of nitrogens with zero attached hydrogens (tertiary/aromatic N) is 2. The van der Waals surface area contributed by atoms with Crippen molar-refractivity contribution in [2.24, 2.45) is 5.73 Å². The highest BCUT2D eigenvalue weighted by molar-refractivity contribution is 6.32. The van der Waals surface area contributed by atoms with Gasteiger partial charge in [-0.25, -0.2) is 9.37 Å². The molecule has 0 aliphatic carbocycles. The number of halogens is 2. The van der Waals surface area contributed by atoms with Gasteiger partial charge in [-0.1, -0.05) is 17.7 Å². The van der Waals surface area contributed by atoms with E-state index < -0.39 is 16.6 Å². The van der Waals surface area contributed by atoms with E-state index in [1.54, 1.807) is 0 Å². The molecule has 0 saturated heterocycles. The SMILES string of the molecule is NC(=O)C[CH]c1ccc(Cl)c(Oc2ccc([N+](=O)[O-])cn2)c1F. The van der Waals surface area contributed by atoms with Crippen LogP contribution in [-0.2, 0) is 4.79 Å². The van der Waals surface area contributed by atoms with Crippen LogP contribution in [-0.4, -0.2) is 15.8 Å². The van der Waals surface area contributed by atoms with Gasteiger partial charge in [0, 0.05) is 25.0 Å². The Bertz CT molecular complexity index is 752. The first-order chi connectivity index (χ1) is 10.9. The highest BCUT2D eigenvalue weighted by Gasteiger charge is 2.16. The molecule has 1 heterocycles. The van der Waals surface area contributed by atoms with Gasteiger partial charge >= 0.3 is 0 Å². The number of rotatable bonds is 6. The van der Waals surface area contributed by atoms with E-state index in [4.69, 9.17) is 22.1 Å². The maximum absolute atomic E-state index is 14.3. The zero-order chi connectivity index (χ0) is 17.0. The zero-order valence-corrected chi connectivity index (χ0v) is 12.3. The van der Waals surface area contributed by atoms with E-state index in [9.17, 15) is 19.3 Å². The number of nitrogens with two attached hydrogens (primary N) is 1. The Hall–Kier alpha value is -2.74. The van der Waals surface area contributed by atoms with Crippen LogP contribution in [0, 0.1) is 22.4 Å². The van der Waals surface area contributed by atoms with Crippen molar-refractivity contribution in [3.63, 3.8) is 0 Å². The number of benzene rings is 1. The molecule has 23 heavy (non-hydrogen) atoms. The Labute approximate surface area is 135 Å². The molecule has 1 radical (unpaired) electrons. The number of primary amides is 1. The van der Waals surface area contributed by atoms with Crippen LogP contribution in [0.4, 0.5) is 10.1 Å². The predicted molar refractivity (Wildman–Crippen MR) is 79.6 cm³/mol. The second-order valence-electron chi connectivity index (χ2n) is 4.37. The van der Waals surface area contributed by atoms with Crippen LogP contribution in [0.2, 0.25) is 5.02 Å². The van der Waals surface area contributed by atoms with E-state index in [1.165, 1.54) is 24.6 Å². The Morgan fingerprint density at radius 3 is 2.74 bits per heavy atom. The minimum Gasteiger partial charge on any atom is -0.434 e. The van der Waals surface area contributed by atoms with E-state index in [2.05, 4.69) is 4.98 Å². The first-order valence-corrected chi connectivity index (χ1v) is 6.64. The molecular weight excluding hydrogens is 329 g/mol. The van der Waals surface area contributed by atoms with Crippen molar-refractivity contribution < 1.29 is 18.8 Å². The topological polar surface area (TPSA) is 108 Å². The van der Waals surface area contributed by atoms with Gasteiger partial charge in [0.05, 0.1) is 9.95 Å². The van der Waals surface area contributed by atoms with E-state index in [-0.39, 0.29) is 34.3 Å². The summed E-state index contributed by atoms with van der Waals surface area (Å²) in [5.74, 6) is -1.77. The van der Waals surface area contributed by atoms with Crippen molar-refractivity contribution in [1.29, 1.82) is 0 Å². The Kier molecular flexibility index (Phi) is 5.07. The van der Waals surface area contributed by atoms with Crippen LogP contribution in [0.1, 0.15) is 12.0 Å². The first kappa shape index (κ1) is 16.6. The number of amides is 1. The van der Waals surface area contributed by atoms with Gasteiger partial charge in [0.25, 0.3) is 5.69 Å². The van der Waals surface area contributed by atoms with Crippen molar-refractivity contribution >= 4 is 23.2 Å². The molecule has 0 bridgehead atoms. The molecule has 0 fully saturated rings. The molecule has 1 amide bonds. The Morgan fingerprint density at radius 1 is 1.43 bits per heavy atom. The monoisotopic (exact) mass is 338 g/mol. The molecule has 0 saturated carbocycles. The van der Waals surface area contributed by atoms with Crippen LogP contribution >= 0.6 is 11.6 Å². The maximum Gasteiger partial charge on any atom is 0.287 e. The highest BCUT2D eigenvalue weighted by Crippen LogP contribution is 2.34. The average molecular weight is 339 g/mol. The number of ether oxygens (including phenoxy) is 1. The molecule has 119 valence electrons. The lowest BCUT2D eigenvalue weighted by molar-refractivity contribution is -0.385. The van der Waals surface area contributed by atoms with Gasteiger partial charge in [-0.15, -0.1) is 0 Å². The Balaban J connectivity index is 2.26. The largest absolute Gasteiger partial charge is 0.434 e. The fourth-order valence-electron chi connectivity index (χ4n) is 1.65. The average Bonchev–Trinajstić information content (AvgIpc) is 2.51. The summed E-state index contributed by atoms with van der Waals surface area (Å²) >= 11 is 5.89. The fraction of sp³-hybridized carbons (Fsp3) is 0.0714. The lowest BCUT2D eigenvalue weighted by Crippen LogP contribution is -2.10. The van der Waals surface area contributed by atoms with Gasteiger partial charge in [0.1, 0.15) is 6.20 Å². The van der Waals surface area contributed by atoms with Gasteiger partial charge in [-0.2, -0.15) is 0 Å². The summed E-state index contributed by atoms with van der Waals surface area (Å²) in [4.78, 5) is 24.4. The summed E-state index contributed by atoms with van der Waals surface area (Å²) in [6.07, 6.45) is 2.13. The third-order valence-corrected chi connectivity index (χ3v) is 3.04. The summed E-state index contributed by atoms with van der Waals surface area (Å²) in [6, 6.07) is 5.14. The third-order valence-electron chi connectivity index (χ3n) is 2.74. The summed E-state index contributed by atoms with van der Waals surface area (Å²) < 4.78 is 19.6. The first-order valence-electron chi connectivity index (χ1n) is 6.26. The lowest BCUT2D eigenvalue weighted by Gasteiger charge is -2.10. The molecule has 0 unspecified atom stereocenters. The van der Waals surface area contributed by atoms with Crippen LogP contribution in [0.3, 0.4) is 0 Å². The van der Waals surface area contributed by atoms with Gasteiger partial charge in [-0.05, 0) is 11.6 Å². The van der Waals surface area contributed by atoms with Crippen LogP contribution in [0.5, 0.6) is 11.6 Å². The standard InChI is InChI=1S/C14H10ClFN3O4/c15-10-4-1-8(2-5-11(17)20)13(16)14(10)23-12-6-3-9(7-18-12)19(21)22/h1-4,6-7H,5H2,(H2,17,20). The van der Waals surface area contributed by atoms with Gasteiger partial charge in [0.2, 0.25) is 11.8 Å². The number of hydrogen-bond donors (Lipinski definition) is 1. The maximum atomic E-state index is 14.3. The number of hydrogen-bond acceptors (Lipinski definition) is 5. The summed E-state index contributed by atoms with van der Waals surface area (Å²) in [7, 11) is 0. The summed E-state index contributed by atoms with van der Waals surface area (Å²) in [6.45, 7) is 0. The molecule has 2 N–H and O–H groups in total. The van der Waals surface area contributed by atoms with E-state index in [0.29, 0.717) is 0 Å². The third kappa shape index (κ3) is 4.13. The van der Waals surface area contributed by atoms with E-state index in [1.807, 2.05) is 0 Å². The minimum atomic E-state index is -0.793. The predicted octanol–water partition coefficient (Wildman–Crippen LogP) is 3.00. The fourth-order valence-corrected chi connectivity index (χ4v) is 1.84. The van der Waals surface area contributed by atoms with Crippen molar-refractivity contribution in [1.82, 2.24) is 4.98 Å². The summed E-state index contributed by atoms with van der Waals surface area (Å²) in [5.41, 5.74) is 4.86. The molecule has 0 aliphatic heterocycles. The van der Waals surface area contributed by atoms with Crippen LogP contribution < -0.4 is 10.5 Å². The molecule has 9 heteroatoms. The number of pyridine rings is 1. The van der Waals surface area contributed by atoms with Crippen molar-refractivity contribution in [2.75, 3.05) is 0 Å². The smallest absolute Gasteiger partial charge is 0.287 e. The van der Waals surface area contributed by atoms with Crippen LogP contribution in [0.15, 0.2) is 30.5 Å². The molecule has 0 atom stereocenters. The molecule has 0 spiro atoms. The van der Waals surface area contributed by atoms with E-state index in [0.717, 1.165) is 12.3 Å². The van der Waals surface area contributed by atoms with E-state index >= 15 is 0 Å². The van der Waals surface area contributed by atoms with Gasteiger partial charge < -0.3 is 10.5 Å². The number of aromatic nitrogens is 1.